The van der Waals surface area contributed by atoms with E-state index in [1.807, 2.05) is 63.2 Å². The normalized spacial score (nSPS) is 29.0. The van der Waals surface area contributed by atoms with Crippen molar-refractivity contribution < 1.29 is 24.2 Å². The number of carbonyl (C=O) groups excluding carboxylic acids is 3. The maximum absolute atomic E-state index is 14.7. The van der Waals surface area contributed by atoms with Gasteiger partial charge in [0.25, 0.3) is 5.91 Å². The summed E-state index contributed by atoms with van der Waals surface area (Å²) in [6, 6.07) is 14.0. The second kappa shape index (κ2) is 11.9. The number of halogens is 1. The van der Waals surface area contributed by atoms with Gasteiger partial charge in [0.2, 0.25) is 11.8 Å². The molecule has 1 spiro atoms. The number of carbonyl (C=O) groups is 3. The molecule has 1 N–H and O–H groups in total. The van der Waals surface area contributed by atoms with Crippen LogP contribution in [0, 0.1) is 24.7 Å². The largest absolute Gasteiger partial charge is 0.395 e. The van der Waals surface area contributed by atoms with E-state index in [9.17, 15) is 19.5 Å². The van der Waals surface area contributed by atoms with Crippen molar-refractivity contribution in [3.05, 3.63) is 90.0 Å². The fourth-order valence-electron chi connectivity index (χ4n) is 7.66. The van der Waals surface area contributed by atoms with E-state index in [0.29, 0.717) is 30.2 Å². The number of benzene rings is 2. The summed E-state index contributed by atoms with van der Waals surface area (Å²) in [5.74, 6) is -2.76. The Balaban J connectivity index is 1.60. The lowest BCUT2D eigenvalue weighted by molar-refractivity contribution is -0.152. The molecule has 2 bridgehead atoms. The molecule has 3 heterocycles. The summed E-state index contributed by atoms with van der Waals surface area (Å²) >= 11 is 6.63. The number of hydrogen-bond donors (Lipinski definition) is 1. The molecular formula is C34H40ClN3O5. The Morgan fingerprint density at radius 1 is 1.12 bits per heavy atom. The number of aliphatic hydroxyl groups excluding tert-OH is 1. The van der Waals surface area contributed by atoms with Gasteiger partial charge in [-0.25, -0.2) is 0 Å². The van der Waals surface area contributed by atoms with Crippen molar-refractivity contribution in [2.45, 2.75) is 51.0 Å². The number of anilines is 1. The smallest absolute Gasteiger partial charge is 0.253 e. The number of likely N-dealkylation sites (tertiary alicyclic amines) is 1. The van der Waals surface area contributed by atoms with E-state index < -0.39 is 29.1 Å². The molecule has 3 aliphatic heterocycles. The summed E-state index contributed by atoms with van der Waals surface area (Å²) in [6.45, 7) is 13.9. The second-order valence-electron chi connectivity index (χ2n) is 12.1. The molecule has 0 aromatic heterocycles. The van der Waals surface area contributed by atoms with Crippen LogP contribution in [0.2, 0.25) is 5.02 Å². The lowest BCUT2D eigenvalue weighted by Crippen LogP contribution is -2.57. The van der Waals surface area contributed by atoms with Crippen molar-refractivity contribution in [3.8, 4) is 0 Å². The van der Waals surface area contributed by atoms with E-state index in [-0.39, 0.29) is 43.3 Å². The van der Waals surface area contributed by atoms with Crippen molar-refractivity contribution in [2.75, 3.05) is 31.1 Å². The third-order valence-electron chi connectivity index (χ3n) is 9.57. The fraction of sp³-hybridized carbons (Fsp3) is 0.441. The highest BCUT2D eigenvalue weighted by molar-refractivity contribution is 6.34. The van der Waals surface area contributed by atoms with Crippen molar-refractivity contribution >= 4 is 35.0 Å². The van der Waals surface area contributed by atoms with Crippen LogP contribution in [0.4, 0.5) is 5.69 Å². The number of hydrogen-bond acceptors (Lipinski definition) is 5. The summed E-state index contributed by atoms with van der Waals surface area (Å²) in [5.41, 5.74) is 0.0584. The van der Waals surface area contributed by atoms with Crippen LogP contribution in [0.1, 0.15) is 31.4 Å². The zero-order valence-corrected chi connectivity index (χ0v) is 25.8. The SMILES string of the molecule is C=CCN(Cc1ccccc1)C(=O)[C@H]1[C@H]2C(=O)N(CCO)C(C(=O)N(CC=C)c3c(C)cccc3Cl)C23CC(C)[C@]1(C)O3. The number of aliphatic hydroxyl groups is 1. The van der Waals surface area contributed by atoms with Gasteiger partial charge in [-0.2, -0.15) is 0 Å². The van der Waals surface area contributed by atoms with Crippen LogP contribution in [0.5, 0.6) is 0 Å². The van der Waals surface area contributed by atoms with E-state index in [2.05, 4.69) is 13.2 Å². The van der Waals surface area contributed by atoms with Gasteiger partial charge in [0, 0.05) is 26.2 Å². The van der Waals surface area contributed by atoms with Gasteiger partial charge in [-0.1, -0.05) is 73.1 Å². The number of amides is 3. The lowest BCUT2D eigenvalue weighted by atomic mass is 9.62. The molecule has 3 unspecified atom stereocenters. The summed E-state index contributed by atoms with van der Waals surface area (Å²) < 4.78 is 6.88. The average Bonchev–Trinajstić information content (AvgIpc) is 3.48. The van der Waals surface area contributed by atoms with Crippen LogP contribution in [0.15, 0.2) is 73.8 Å². The Kier molecular flexibility index (Phi) is 8.58. The molecule has 0 radical (unpaired) electrons. The summed E-state index contributed by atoms with van der Waals surface area (Å²) in [5, 5.41) is 10.4. The standard InChI is InChI=1S/C34H40ClN3O5/c1-6-16-36(21-24-13-9-8-10-14-24)30(40)26-27-31(41)38(18-19-39)29(34(27)20-23(4)33(26,5)43-34)32(42)37(17-7-2)28-22(3)12-11-15-25(28)35/h6-15,23,26-27,29,39H,1-2,16-21H2,3-5H3/t23?,26-,27+,29?,33+,34?/m1/s1. The van der Waals surface area contributed by atoms with Gasteiger partial charge in [-0.05, 0) is 43.4 Å². The van der Waals surface area contributed by atoms with Gasteiger partial charge in [-0.3, -0.25) is 14.4 Å². The van der Waals surface area contributed by atoms with Crippen LogP contribution in [-0.2, 0) is 25.7 Å². The quantitative estimate of drug-likeness (QED) is 0.384. The summed E-state index contributed by atoms with van der Waals surface area (Å²) in [6.07, 6.45) is 3.71. The maximum atomic E-state index is 14.7. The molecule has 2 aromatic carbocycles. The lowest BCUT2D eigenvalue weighted by Gasteiger charge is -2.39. The van der Waals surface area contributed by atoms with Crippen LogP contribution in [0.25, 0.3) is 0 Å². The number of ether oxygens (including phenoxy) is 1. The molecule has 2 aromatic rings. The number of nitrogens with zero attached hydrogens (tertiary/aromatic N) is 3. The molecule has 43 heavy (non-hydrogen) atoms. The van der Waals surface area contributed by atoms with Crippen LogP contribution < -0.4 is 4.90 Å². The Labute approximate surface area is 258 Å². The third kappa shape index (κ3) is 4.89. The van der Waals surface area contributed by atoms with Crippen molar-refractivity contribution in [1.29, 1.82) is 0 Å². The highest BCUT2D eigenvalue weighted by atomic mass is 35.5. The zero-order valence-electron chi connectivity index (χ0n) is 25.0. The molecule has 5 rings (SSSR count). The number of fused-ring (bicyclic) bond motifs is 1. The van der Waals surface area contributed by atoms with Crippen molar-refractivity contribution in [3.63, 3.8) is 0 Å². The van der Waals surface area contributed by atoms with Gasteiger partial charge in [0.1, 0.15) is 11.6 Å². The van der Waals surface area contributed by atoms with E-state index in [1.165, 1.54) is 4.90 Å². The van der Waals surface area contributed by atoms with Crippen LogP contribution in [-0.4, -0.2) is 76.1 Å². The number of β-amino-alcohol motifs (C(OH)–C–C–N with tert-alkyl or cyclic N) is 1. The van der Waals surface area contributed by atoms with Gasteiger partial charge < -0.3 is 24.5 Å². The summed E-state index contributed by atoms with van der Waals surface area (Å²) in [7, 11) is 0. The van der Waals surface area contributed by atoms with E-state index in [1.54, 1.807) is 28.0 Å². The first-order valence-corrected chi connectivity index (χ1v) is 15.2. The van der Waals surface area contributed by atoms with Gasteiger partial charge >= 0.3 is 0 Å². The number of aryl methyl sites for hydroxylation is 1. The predicted octanol–water partition coefficient (Wildman–Crippen LogP) is 4.39. The topological polar surface area (TPSA) is 90.4 Å². The first-order valence-electron chi connectivity index (χ1n) is 14.8. The minimum Gasteiger partial charge on any atom is -0.395 e. The number of para-hydroxylation sites is 1. The molecule has 0 aliphatic carbocycles. The van der Waals surface area contributed by atoms with Crippen molar-refractivity contribution in [2.24, 2.45) is 17.8 Å². The van der Waals surface area contributed by atoms with Crippen molar-refractivity contribution in [1.82, 2.24) is 9.80 Å². The molecular weight excluding hydrogens is 566 g/mol. The van der Waals surface area contributed by atoms with E-state index in [0.717, 1.165) is 11.1 Å². The molecule has 228 valence electrons. The average molecular weight is 606 g/mol. The van der Waals surface area contributed by atoms with Crippen LogP contribution >= 0.6 is 11.6 Å². The minimum absolute atomic E-state index is 0.0628. The zero-order chi connectivity index (χ0) is 31.1. The van der Waals surface area contributed by atoms with Gasteiger partial charge in [0.15, 0.2) is 0 Å². The second-order valence-corrected chi connectivity index (χ2v) is 12.5. The molecule has 3 fully saturated rings. The molecule has 3 saturated heterocycles. The Bertz CT molecular complexity index is 1410. The van der Waals surface area contributed by atoms with E-state index >= 15 is 0 Å². The predicted molar refractivity (Wildman–Crippen MR) is 166 cm³/mol. The molecule has 0 saturated carbocycles. The molecule has 9 heteroatoms. The van der Waals surface area contributed by atoms with Gasteiger partial charge in [0.05, 0.1) is 34.8 Å². The maximum Gasteiger partial charge on any atom is 0.253 e. The fourth-order valence-corrected chi connectivity index (χ4v) is 7.99. The number of rotatable bonds is 11. The highest BCUT2D eigenvalue weighted by Crippen LogP contribution is 2.65. The Morgan fingerprint density at radius 3 is 2.44 bits per heavy atom. The first kappa shape index (κ1) is 31.0. The third-order valence-corrected chi connectivity index (χ3v) is 9.87. The monoisotopic (exact) mass is 605 g/mol. The Hall–Kier alpha value is -3.46. The van der Waals surface area contributed by atoms with Crippen LogP contribution in [0.3, 0.4) is 0 Å². The highest BCUT2D eigenvalue weighted by Gasteiger charge is 2.80. The molecule has 6 atom stereocenters. The van der Waals surface area contributed by atoms with Gasteiger partial charge in [-0.15, -0.1) is 13.2 Å². The molecule has 3 amide bonds. The molecule has 8 nitrogen and oxygen atoms in total. The summed E-state index contributed by atoms with van der Waals surface area (Å²) in [4.78, 5) is 48.2. The Morgan fingerprint density at radius 2 is 1.81 bits per heavy atom. The first-order chi connectivity index (χ1) is 20.5. The van der Waals surface area contributed by atoms with E-state index in [4.69, 9.17) is 16.3 Å². The minimum atomic E-state index is -1.25. The molecule has 3 aliphatic rings.